The van der Waals surface area contributed by atoms with E-state index < -0.39 is 11.7 Å². The van der Waals surface area contributed by atoms with Crippen LogP contribution < -0.4 is 15.4 Å². The lowest BCUT2D eigenvalue weighted by Gasteiger charge is -2.27. The Labute approximate surface area is 217 Å². The van der Waals surface area contributed by atoms with Gasteiger partial charge >= 0.3 is 6.09 Å². The molecule has 3 aliphatic rings. The van der Waals surface area contributed by atoms with Crippen LogP contribution in [0.25, 0.3) is 11.3 Å². The summed E-state index contributed by atoms with van der Waals surface area (Å²) in [5.41, 5.74) is 1.41. The Balaban J connectivity index is 1.57. The van der Waals surface area contributed by atoms with Gasteiger partial charge in [-0.25, -0.2) is 4.79 Å². The van der Waals surface area contributed by atoms with E-state index in [4.69, 9.17) is 9.47 Å². The van der Waals surface area contributed by atoms with Gasteiger partial charge in [-0.2, -0.15) is 0 Å². The third kappa shape index (κ3) is 6.97. The number of benzene rings is 1. The van der Waals surface area contributed by atoms with Crippen molar-refractivity contribution >= 4 is 17.9 Å². The van der Waals surface area contributed by atoms with E-state index in [2.05, 4.69) is 15.6 Å². The van der Waals surface area contributed by atoms with Crippen LogP contribution in [0, 0.1) is 0 Å². The topological polar surface area (TPSA) is 113 Å². The standard InChI is InChI=1S/C27H35N5O5/c1-27(2,3)37-26(35)30-20-14-21-17-36-22-6-5-11-28-24(22)18-7-9-19(10-8-18)25(34)29-12-13-31(4)16-23(33)32(21)15-20/h5-11,20-21H,12-17H2,1-4H3,(H,29,34)(H,30,35)/t20-,21-/m0/s1. The fourth-order valence-electron chi connectivity index (χ4n) is 4.51. The number of hydrogen-bond acceptors (Lipinski definition) is 7. The van der Waals surface area contributed by atoms with Crippen molar-refractivity contribution in [3.63, 3.8) is 0 Å². The Morgan fingerprint density at radius 1 is 1.16 bits per heavy atom. The first-order valence-electron chi connectivity index (χ1n) is 12.5. The summed E-state index contributed by atoms with van der Waals surface area (Å²) in [6, 6.07) is 10.3. The first-order valence-corrected chi connectivity index (χ1v) is 12.5. The molecule has 0 saturated carbocycles. The van der Waals surface area contributed by atoms with Crippen LogP contribution in [0.1, 0.15) is 37.6 Å². The first kappa shape index (κ1) is 26.4. The lowest BCUT2D eigenvalue weighted by atomic mass is 10.1. The number of ether oxygens (including phenoxy) is 2. The molecule has 198 valence electrons. The average Bonchev–Trinajstić information content (AvgIpc) is 3.23. The number of amides is 3. The second kappa shape index (κ2) is 11.2. The van der Waals surface area contributed by atoms with Crippen molar-refractivity contribution in [3.8, 4) is 17.0 Å². The lowest BCUT2D eigenvalue weighted by Crippen LogP contribution is -2.46. The Morgan fingerprint density at radius 3 is 2.62 bits per heavy atom. The molecule has 2 N–H and O–H groups in total. The van der Waals surface area contributed by atoms with Crippen LogP contribution in [0.2, 0.25) is 0 Å². The maximum absolute atomic E-state index is 13.3. The van der Waals surface area contributed by atoms with Crippen LogP contribution in [0.5, 0.6) is 5.75 Å². The third-order valence-corrected chi connectivity index (χ3v) is 6.26. The summed E-state index contributed by atoms with van der Waals surface area (Å²) in [6.07, 6.45) is 1.72. The fraction of sp³-hybridized carbons (Fsp3) is 0.481. The maximum Gasteiger partial charge on any atom is 0.407 e. The molecule has 2 aromatic rings. The van der Waals surface area contributed by atoms with Crippen LogP contribution in [0.4, 0.5) is 4.79 Å². The van der Waals surface area contributed by atoms with Gasteiger partial charge in [-0.1, -0.05) is 12.1 Å². The monoisotopic (exact) mass is 509 g/mol. The normalized spacial score (nSPS) is 21.4. The van der Waals surface area contributed by atoms with Gasteiger partial charge in [0.1, 0.15) is 23.7 Å². The predicted molar refractivity (Wildman–Crippen MR) is 138 cm³/mol. The van der Waals surface area contributed by atoms with Gasteiger partial charge in [-0.3, -0.25) is 19.5 Å². The minimum atomic E-state index is -0.615. The zero-order chi connectivity index (χ0) is 26.6. The summed E-state index contributed by atoms with van der Waals surface area (Å²) in [7, 11) is 1.84. The average molecular weight is 510 g/mol. The molecule has 10 nitrogen and oxygen atoms in total. The molecule has 2 bridgehead atoms. The van der Waals surface area contributed by atoms with Crippen LogP contribution >= 0.6 is 0 Å². The minimum Gasteiger partial charge on any atom is -0.489 e. The molecule has 10 heteroatoms. The largest absolute Gasteiger partial charge is 0.489 e. The second-order valence-corrected chi connectivity index (χ2v) is 10.5. The van der Waals surface area contributed by atoms with Crippen LogP contribution in [-0.2, 0) is 9.53 Å². The molecule has 0 unspecified atom stereocenters. The summed E-state index contributed by atoms with van der Waals surface area (Å²) in [4.78, 5) is 46.4. The molecular formula is C27H35N5O5. The van der Waals surface area contributed by atoms with Crippen molar-refractivity contribution < 1.29 is 23.9 Å². The minimum absolute atomic E-state index is 0.0706. The molecule has 0 radical (unpaired) electrons. The Kier molecular flexibility index (Phi) is 7.97. The van der Waals surface area contributed by atoms with Gasteiger partial charge in [0.05, 0.1) is 18.6 Å². The van der Waals surface area contributed by atoms with Crippen molar-refractivity contribution in [2.45, 2.75) is 44.9 Å². The van der Waals surface area contributed by atoms with Gasteiger partial charge in [0, 0.05) is 37.0 Å². The number of rotatable bonds is 1. The molecule has 1 saturated heterocycles. The summed E-state index contributed by atoms with van der Waals surface area (Å²) >= 11 is 0. The number of fused-ring (bicyclic) bond motifs is 9. The highest BCUT2D eigenvalue weighted by molar-refractivity contribution is 5.94. The van der Waals surface area contributed by atoms with Crippen LogP contribution in [-0.4, -0.2) is 90.2 Å². The van der Waals surface area contributed by atoms with Crippen molar-refractivity contribution in [2.24, 2.45) is 0 Å². The summed E-state index contributed by atoms with van der Waals surface area (Å²) < 4.78 is 11.6. The first-order chi connectivity index (χ1) is 17.6. The highest BCUT2D eigenvalue weighted by Crippen LogP contribution is 2.29. The Hall–Kier alpha value is -3.66. The van der Waals surface area contributed by atoms with Gasteiger partial charge in [0.15, 0.2) is 0 Å². The fourth-order valence-corrected chi connectivity index (χ4v) is 4.51. The molecular weight excluding hydrogens is 474 g/mol. The van der Waals surface area contributed by atoms with E-state index in [9.17, 15) is 14.4 Å². The van der Waals surface area contributed by atoms with E-state index in [-0.39, 0.29) is 37.0 Å². The molecule has 3 aliphatic heterocycles. The number of hydrogen-bond donors (Lipinski definition) is 2. The van der Waals surface area contributed by atoms with Gasteiger partial charge in [0.25, 0.3) is 5.91 Å². The number of carbonyl (C=O) groups excluding carboxylic acids is 3. The van der Waals surface area contributed by atoms with E-state index in [0.717, 1.165) is 5.56 Å². The zero-order valence-corrected chi connectivity index (χ0v) is 21.8. The summed E-state index contributed by atoms with van der Waals surface area (Å²) in [6.45, 7) is 7.14. The zero-order valence-electron chi connectivity index (χ0n) is 21.8. The molecule has 1 fully saturated rings. The van der Waals surface area contributed by atoms with E-state index in [1.165, 1.54) is 0 Å². The smallest absolute Gasteiger partial charge is 0.407 e. The highest BCUT2D eigenvalue weighted by Gasteiger charge is 2.37. The van der Waals surface area contributed by atoms with E-state index in [0.29, 0.717) is 43.1 Å². The van der Waals surface area contributed by atoms with Crippen molar-refractivity contribution in [2.75, 3.05) is 39.8 Å². The molecule has 1 aromatic carbocycles. The van der Waals surface area contributed by atoms with E-state index in [1.807, 2.05) is 50.9 Å². The highest BCUT2D eigenvalue weighted by atomic mass is 16.6. The number of nitrogens with one attached hydrogen (secondary N) is 2. The van der Waals surface area contributed by atoms with E-state index in [1.54, 1.807) is 29.3 Å². The van der Waals surface area contributed by atoms with Crippen molar-refractivity contribution in [1.29, 1.82) is 0 Å². The summed E-state index contributed by atoms with van der Waals surface area (Å²) in [5, 5.41) is 5.80. The van der Waals surface area contributed by atoms with E-state index >= 15 is 0 Å². The SMILES string of the molecule is CN1CCNC(=O)c2ccc(cc2)-c2ncccc2OC[C@@H]2C[C@H](NC(=O)OC(C)(C)C)CN2C(=O)C1. The van der Waals surface area contributed by atoms with Crippen LogP contribution in [0.3, 0.4) is 0 Å². The molecule has 0 aliphatic carbocycles. The van der Waals surface area contributed by atoms with Gasteiger partial charge < -0.3 is 25.0 Å². The van der Waals surface area contributed by atoms with Gasteiger partial charge in [-0.15, -0.1) is 0 Å². The number of nitrogens with zero attached hydrogens (tertiary/aromatic N) is 3. The quantitative estimate of drug-likeness (QED) is 0.607. The van der Waals surface area contributed by atoms with Crippen molar-refractivity contribution in [3.05, 3.63) is 48.2 Å². The molecule has 1 aromatic heterocycles. The van der Waals surface area contributed by atoms with Crippen molar-refractivity contribution in [1.82, 2.24) is 25.4 Å². The number of pyridine rings is 1. The molecule has 0 spiro atoms. The third-order valence-electron chi connectivity index (χ3n) is 6.26. The summed E-state index contributed by atoms with van der Waals surface area (Å²) in [5.74, 6) is 0.333. The lowest BCUT2D eigenvalue weighted by molar-refractivity contribution is -0.133. The number of carbonyl (C=O) groups is 3. The number of likely N-dealkylation sites (N-methyl/N-ethyl adjacent to an activating group) is 1. The molecule has 3 amide bonds. The number of aromatic nitrogens is 1. The predicted octanol–water partition coefficient (Wildman–Crippen LogP) is 2.30. The van der Waals surface area contributed by atoms with Gasteiger partial charge in [-0.05, 0) is 58.5 Å². The number of alkyl carbamates (subject to hydrolysis) is 1. The molecule has 2 atom stereocenters. The Morgan fingerprint density at radius 2 is 1.89 bits per heavy atom. The maximum atomic E-state index is 13.3. The molecule has 4 heterocycles. The molecule has 37 heavy (non-hydrogen) atoms. The van der Waals surface area contributed by atoms with Gasteiger partial charge in [0.2, 0.25) is 5.91 Å². The molecule has 5 rings (SSSR count). The van der Waals surface area contributed by atoms with Crippen LogP contribution in [0.15, 0.2) is 42.6 Å². The Bertz CT molecular complexity index is 1130. The second-order valence-electron chi connectivity index (χ2n) is 10.5.